The van der Waals surface area contributed by atoms with Gasteiger partial charge in [0.1, 0.15) is 0 Å². The van der Waals surface area contributed by atoms with E-state index < -0.39 is 15.8 Å². The maximum Gasteiger partial charge on any atom is 0.0996 e. The molecule has 0 radical (unpaired) electrons. The molecule has 2 unspecified atom stereocenters. The molecular weight excluding hydrogens is 466 g/mol. The van der Waals surface area contributed by atoms with E-state index in [1.54, 1.807) is 0 Å². The minimum absolute atomic E-state index is 0.0179. The van der Waals surface area contributed by atoms with Gasteiger partial charge in [0, 0.05) is 5.66 Å². The van der Waals surface area contributed by atoms with Gasteiger partial charge in [-0.1, -0.05) is 121 Å². The Hall–Kier alpha value is -2.76. The molecule has 0 fully saturated rings. The summed E-state index contributed by atoms with van der Waals surface area (Å²) >= 11 is 0. The predicted octanol–water partition coefficient (Wildman–Crippen LogP) is 5.83. The van der Waals surface area contributed by atoms with Crippen LogP contribution < -0.4 is 21.2 Å². The molecule has 0 aliphatic heterocycles. The van der Waals surface area contributed by atoms with Crippen LogP contribution >= 0.6 is 15.8 Å². The van der Waals surface area contributed by atoms with Crippen LogP contribution in [0.3, 0.4) is 0 Å². The third kappa shape index (κ3) is 5.91. The molecule has 0 aliphatic carbocycles. The molecule has 2 nitrogen and oxygen atoms in total. The van der Waals surface area contributed by atoms with Crippen molar-refractivity contribution in [1.29, 1.82) is 0 Å². The fourth-order valence-electron chi connectivity index (χ4n) is 4.45. The van der Waals surface area contributed by atoms with E-state index >= 15 is 0 Å². The molecule has 0 bridgehead atoms. The summed E-state index contributed by atoms with van der Waals surface area (Å²) in [6, 6.07) is 41.9. The maximum atomic E-state index is 11.7. The lowest BCUT2D eigenvalue weighted by atomic mass is 10.2. The molecule has 0 aromatic heterocycles. The first-order valence-electron chi connectivity index (χ1n) is 11.9. The van der Waals surface area contributed by atoms with Gasteiger partial charge in [-0.3, -0.25) is 0 Å². The molecule has 0 heterocycles. The van der Waals surface area contributed by atoms with Gasteiger partial charge in [-0.2, -0.15) is 0 Å². The Bertz CT molecular complexity index is 1130. The largest absolute Gasteiger partial charge is 0.512 e. The third-order valence-electron chi connectivity index (χ3n) is 6.09. The Kier molecular flexibility index (Phi) is 8.89. The maximum absolute atomic E-state index is 11.7. The summed E-state index contributed by atoms with van der Waals surface area (Å²) in [4.78, 5) is 0. The summed E-state index contributed by atoms with van der Waals surface area (Å²) in [5.41, 5.74) is 0.483. The fourth-order valence-corrected chi connectivity index (χ4v) is 10.8. The van der Waals surface area contributed by atoms with Crippen molar-refractivity contribution < 1.29 is 10.2 Å². The lowest BCUT2D eigenvalue weighted by Crippen LogP contribution is -2.39. The normalized spacial score (nSPS) is 12.9. The molecule has 0 spiro atoms. The number of hydrogen-bond donors (Lipinski definition) is 2. The Labute approximate surface area is 211 Å². The summed E-state index contributed by atoms with van der Waals surface area (Å²) in [7, 11) is -1.95. The average molecular weight is 499 g/mol. The highest BCUT2D eigenvalue weighted by Crippen LogP contribution is 2.53. The van der Waals surface area contributed by atoms with Crippen molar-refractivity contribution in [1.82, 2.24) is 0 Å². The highest BCUT2D eigenvalue weighted by atomic mass is 31.1. The van der Waals surface area contributed by atoms with E-state index in [1.807, 2.05) is 38.1 Å². The lowest BCUT2D eigenvalue weighted by Gasteiger charge is -2.39. The summed E-state index contributed by atoms with van der Waals surface area (Å²) in [6.07, 6.45) is 0. The summed E-state index contributed by atoms with van der Waals surface area (Å²) in [6.45, 7) is 3.91. The first kappa shape index (κ1) is 25.3. The van der Waals surface area contributed by atoms with Crippen molar-refractivity contribution in [2.24, 2.45) is 0 Å². The van der Waals surface area contributed by atoms with E-state index in [-0.39, 0.29) is 17.9 Å². The second-order valence-corrected chi connectivity index (χ2v) is 13.4. The number of allylic oxidation sites excluding steroid dienone is 2. The average Bonchev–Trinajstić information content (AvgIpc) is 2.92. The quantitative estimate of drug-likeness (QED) is 0.225. The highest BCUT2D eigenvalue weighted by molar-refractivity contribution is 7.77. The Morgan fingerprint density at radius 1 is 0.571 bits per heavy atom. The molecule has 4 aromatic rings. The van der Waals surface area contributed by atoms with Crippen LogP contribution in [-0.2, 0) is 0 Å². The van der Waals surface area contributed by atoms with Crippen LogP contribution in [0.25, 0.3) is 0 Å². The Morgan fingerprint density at radius 2 is 0.886 bits per heavy atom. The van der Waals surface area contributed by atoms with Crippen LogP contribution in [0, 0.1) is 0 Å². The van der Waals surface area contributed by atoms with Crippen LogP contribution in [0.1, 0.15) is 13.8 Å². The minimum atomic E-state index is -0.996. The van der Waals surface area contributed by atoms with Crippen molar-refractivity contribution in [2.75, 3.05) is 6.61 Å². The summed E-state index contributed by atoms with van der Waals surface area (Å²) < 4.78 is 0. The van der Waals surface area contributed by atoms with E-state index in [0.717, 1.165) is 5.57 Å². The zero-order valence-electron chi connectivity index (χ0n) is 20.2. The van der Waals surface area contributed by atoms with Crippen LogP contribution in [-0.4, -0.2) is 28.1 Å². The summed E-state index contributed by atoms with van der Waals surface area (Å²) in [5.74, 6) is 0.391. The van der Waals surface area contributed by atoms with Gasteiger partial charge in [0.25, 0.3) is 0 Å². The standard InChI is InChI=1S/C31H32O2P2/c1-24(2)30(33)31(35(27-19-11-5-12-20-27)28-21-13-6-14-22-28)29(23-32)34(25-15-7-3-8-16-25)26-17-9-4-10-18-26/h3-22,29,31-33H,23H2,1-2H3. The minimum Gasteiger partial charge on any atom is -0.512 e. The smallest absolute Gasteiger partial charge is 0.0996 e. The van der Waals surface area contributed by atoms with E-state index in [0.29, 0.717) is 5.76 Å². The number of rotatable bonds is 9. The monoisotopic (exact) mass is 498 g/mol. The predicted molar refractivity (Wildman–Crippen MR) is 154 cm³/mol. The number of benzene rings is 4. The van der Waals surface area contributed by atoms with Crippen LogP contribution in [0.2, 0.25) is 0 Å². The van der Waals surface area contributed by atoms with E-state index in [4.69, 9.17) is 0 Å². The molecule has 0 amide bonds. The van der Waals surface area contributed by atoms with Gasteiger partial charge in [0.15, 0.2) is 0 Å². The van der Waals surface area contributed by atoms with Crippen molar-refractivity contribution in [3.8, 4) is 0 Å². The Morgan fingerprint density at radius 3 is 1.17 bits per heavy atom. The molecule has 2 N–H and O–H groups in total. The molecule has 4 aromatic carbocycles. The molecule has 2 atom stereocenters. The van der Waals surface area contributed by atoms with E-state index in [9.17, 15) is 10.2 Å². The topological polar surface area (TPSA) is 40.5 Å². The molecular formula is C31H32O2P2. The van der Waals surface area contributed by atoms with Crippen molar-refractivity contribution >= 4 is 37.1 Å². The van der Waals surface area contributed by atoms with Crippen LogP contribution in [0.5, 0.6) is 0 Å². The van der Waals surface area contributed by atoms with Gasteiger partial charge in [0.2, 0.25) is 0 Å². The second-order valence-electron chi connectivity index (χ2n) is 8.66. The van der Waals surface area contributed by atoms with Gasteiger partial charge in [-0.05, 0) is 56.5 Å². The zero-order chi connectivity index (χ0) is 24.6. The van der Waals surface area contributed by atoms with Gasteiger partial charge in [-0.15, -0.1) is 0 Å². The first-order chi connectivity index (χ1) is 17.1. The second kappa shape index (κ2) is 12.3. The molecule has 0 aliphatic rings. The molecule has 0 saturated heterocycles. The first-order valence-corrected chi connectivity index (χ1v) is 14.7. The molecule has 4 heteroatoms. The van der Waals surface area contributed by atoms with Gasteiger partial charge in [0.05, 0.1) is 18.0 Å². The zero-order valence-corrected chi connectivity index (χ0v) is 22.0. The molecule has 178 valence electrons. The molecule has 0 saturated carbocycles. The van der Waals surface area contributed by atoms with E-state index in [1.165, 1.54) is 21.2 Å². The van der Waals surface area contributed by atoms with Crippen molar-refractivity contribution in [2.45, 2.75) is 25.2 Å². The van der Waals surface area contributed by atoms with Crippen molar-refractivity contribution in [3.63, 3.8) is 0 Å². The lowest BCUT2D eigenvalue weighted by molar-refractivity contribution is 0.281. The molecule has 35 heavy (non-hydrogen) atoms. The van der Waals surface area contributed by atoms with E-state index in [2.05, 4.69) is 97.1 Å². The molecule has 4 rings (SSSR count). The highest BCUT2D eigenvalue weighted by Gasteiger charge is 2.40. The fraction of sp³-hybridized carbons (Fsp3) is 0.161. The van der Waals surface area contributed by atoms with Crippen molar-refractivity contribution in [3.05, 3.63) is 133 Å². The number of aliphatic hydroxyl groups excluding tert-OH is 2. The van der Waals surface area contributed by atoms with Gasteiger partial charge in [-0.25, -0.2) is 0 Å². The van der Waals surface area contributed by atoms with Crippen LogP contribution in [0.15, 0.2) is 133 Å². The van der Waals surface area contributed by atoms with Gasteiger partial charge < -0.3 is 10.2 Å². The number of aliphatic hydroxyl groups is 2. The Balaban J connectivity index is 1.96. The van der Waals surface area contributed by atoms with Crippen LogP contribution in [0.4, 0.5) is 0 Å². The third-order valence-corrected chi connectivity index (χ3v) is 12.0. The summed E-state index contributed by atoms with van der Waals surface area (Å²) in [5, 5.41) is 27.6. The SMILES string of the molecule is CC(C)=C(O)C(C(CO)P(c1ccccc1)c1ccccc1)P(c1ccccc1)c1ccccc1. The number of hydrogen-bond acceptors (Lipinski definition) is 2. The van der Waals surface area contributed by atoms with Gasteiger partial charge >= 0.3 is 0 Å².